The minimum atomic E-state index is -0.0231. The van der Waals surface area contributed by atoms with Gasteiger partial charge in [-0.05, 0) is 25.2 Å². The number of hydrogen-bond acceptors (Lipinski definition) is 3. The molecule has 0 aliphatic carbocycles. The van der Waals surface area contributed by atoms with Crippen molar-refractivity contribution in [2.75, 3.05) is 13.2 Å². The molecule has 0 radical (unpaired) electrons. The predicted octanol–water partition coefficient (Wildman–Crippen LogP) is 1.85. The molecule has 4 unspecified atom stereocenters. The topological polar surface area (TPSA) is 41.6 Å². The quantitative estimate of drug-likeness (QED) is 0.846. The molecular weight excluding hydrogens is 240 g/mol. The number of nitrogens with one attached hydrogen (secondary N) is 1. The zero-order chi connectivity index (χ0) is 14.2. The average molecular weight is 268 g/mol. The number of ether oxygens (including phenoxy) is 1. The van der Waals surface area contributed by atoms with E-state index in [1.54, 1.807) is 0 Å². The van der Waals surface area contributed by atoms with Crippen LogP contribution in [0.15, 0.2) is 0 Å². The average Bonchev–Trinajstić information content (AvgIpc) is 2.86. The number of amides is 1. The fourth-order valence-corrected chi connectivity index (χ4v) is 3.16. The third-order valence-corrected chi connectivity index (χ3v) is 4.50. The summed E-state index contributed by atoms with van der Waals surface area (Å²) in [7, 11) is 0. The molecule has 2 fully saturated rings. The van der Waals surface area contributed by atoms with E-state index in [4.69, 9.17) is 4.74 Å². The highest BCUT2D eigenvalue weighted by molar-refractivity contribution is 5.84. The van der Waals surface area contributed by atoms with Crippen molar-refractivity contribution in [2.24, 2.45) is 17.8 Å². The Morgan fingerprint density at radius 2 is 2.00 bits per heavy atom. The third kappa shape index (κ3) is 2.95. The van der Waals surface area contributed by atoms with E-state index in [1.807, 2.05) is 0 Å². The molecule has 0 aromatic heterocycles. The van der Waals surface area contributed by atoms with Crippen molar-refractivity contribution >= 4 is 5.91 Å². The van der Waals surface area contributed by atoms with Gasteiger partial charge in [0.15, 0.2) is 0 Å². The van der Waals surface area contributed by atoms with Gasteiger partial charge in [-0.1, -0.05) is 27.7 Å². The summed E-state index contributed by atoms with van der Waals surface area (Å²) in [5.41, 5.74) is 0. The lowest BCUT2D eigenvalue weighted by atomic mass is 10.0. The lowest BCUT2D eigenvalue weighted by Crippen LogP contribution is -2.44. The molecule has 4 atom stereocenters. The van der Waals surface area contributed by atoms with E-state index in [9.17, 15) is 4.79 Å². The minimum Gasteiger partial charge on any atom is -0.378 e. The first-order valence-corrected chi connectivity index (χ1v) is 7.60. The number of carbonyl (C=O) groups excluding carboxylic acids is 1. The van der Waals surface area contributed by atoms with Crippen LogP contribution in [0.5, 0.6) is 0 Å². The molecule has 1 amide bonds. The van der Waals surface area contributed by atoms with Gasteiger partial charge in [0, 0.05) is 19.1 Å². The summed E-state index contributed by atoms with van der Waals surface area (Å²) in [6, 6.07) is -0.0231. The molecule has 0 saturated carbocycles. The van der Waals surface area contributed by atoms with Gasteiger partial charge in [-0.3, -0.25) is 10.1 Å². The summed E-state index contributed by atoms with van der Waals surface area (Å²) < 4.78 is 5.62. The molecule has 4 heteroatoms. The van der Waals surface area contributed by atoms with Gasteiger partial charge in [0.1, 0.15) is 0 Å². The highest BCUT2D eigenvalue weighted by Gasteiger charge is 2.43. The number of rotatable bonds is 4. The minimum absolute atomic E-state index is 0.0231. The van der Waals surface area contributed by atoms with Crippen LogP contribution in [0.3, 0.4) is 0 Å². The number of nitrogens with zero attached hydrogens (tertiary/aromatic N) is 1. The molecule has 110 valence electrons. The van der Waals surface area contributed by atoms with E-state index in [0.29, 0.717) is 17.8 Å². The van der Waals surface area contributed by atoms with Crippen LogP contribution >= 0.6 is 0 Å². The molecular formula is C15H28N2O2. The molecule has 0 aromatic carbocycles. The van der Waals surface area contributed by atoms with Crippen LogP contribution in [0, 0.1) is 17.8 Å². The zero-order valence-corrected chi connectivity index (χ0v) is 12.8. The van der Waals surface area contributed by atoms with Crippen molar-refractivity contribution < 1.29 is 9.53 Å². The van der Waals surface area contributed by atoms with E-state index in [-0.39, 0.29) is 24.2 Å². The molecule has 2 aliphatic rings. The Morgan fingerprint density at radius 1 is 1.32 bits per heavy atom. The Labute approximate surface area is 116 Å². The van der Waals surface area contributed by atoms with Gasteiger partial charge in [-0.2, -0.15) is 0 Å². The SMILES string of the molecule is CC(C)C1NC(C(C)C)N(CC2CCOC2C)C1=O. The van der Waals surface area contributed by atoms with Gasteiger partial charge in [-0.25, -0.2) is 0 Å². The second-order valence-corrected chi connectivity index (χ2v) is 6.69. The molecule has 2 aliphatic heterocycles. The molecule has 1 N–H and O–H groups in total. The Hall–Kier alpha value is -0.610. The van der Waals surface area contributed by atoms with Gasteiger partial charge < -0.3 is 9.64 Å². The normalized spacial score (nSPS) is 35.9. The molecule has 0 aromatic rings. The van der Waals surface area contributed by atoms with Crippen molar-refractivity contribution in [3.8, 4) is 0 Å². The number of hydrogen-bond donors (Lipinski definition) is 1. The molecule has 2 rings (SSSR count). The smallest absolute Gasteiger partial charge is 0.241 e. The van der Waals surface area contributed by atoms with E-state index >= 15 is 0 Å². The van der Waals surface area contributed by atoms with Crippen LogP contribution in [0.1, 0.15) is 41.0 Å². The molecule has 0 spiro atoms. The largest absolute Gasteiger partial charge is 0.378 e. The fraction of sp³-hybridized carbons (Fsp3) is 0.933. The van der Waals surface area contributed by atoms with Gasteiger partial charge in [-0.15, -0.1) is 0 Å². The van der Waals surface area contributed by atoms with Crippen LogP contribution in [0.25, 0.3) is 0 Å². The fourth-order valence-electron chi connectivity index (χ4n) is 3.16. The van der Waals surface area contributed by atoms with E-state index < -0.39 is 0 Å². The van der Waals surface area contributed by atoms with Gasteiger partial charge in [0.2, 0.25) is 5.91 Å². The Kier molecular flexibility index (Phi) is 4.51. The first-order valence-electron chi connectivity index (χ1n) is 7.60. The Morgan fingerprint density at radius 3 is 2.47 bits per heavy atom. The highest BCUT2D eigenvalue weighted by atomic mass is 16.5. The first kappa shape index (κ1) is 14.8. The molecule has 2 heterocycles. The van der Waals surface area contributed by atoms with Crippen LogP contribution in [-0.2, 0) is 9.53 Å². The Balaban J connectivity index is 2.08. The van der Waals surface area contributed by atoms with E-state index in [0.717, 1.165) is 19.6 Å². The van der Waals surface area contributed by atoms with Crippen molar-refractivity contribution in [2.45, 2.75) is 59.4 Å². The standard InChI is InChI=1S/C15H28N2O2/c1-9(2)13-15(18)17(14(16-13)10(3)4)8-12-6-7-19-11(12)5/h9-14,16H,6-8H2,1-5H3. The van der Waals surface area contributed by atoms with Crippen molar-refractivity contribution in [1.29, 1.82) is 0 Å². The van der Waals surface area contributed by atoms with Gasteiger partial charge in [0.25, 0.3) is 0 Å². The molecule has 4 nitrogen and oxygen atoms in total. The summed E-state index contributed by atoms with van der Waals surface area (Å²) in [5.74, 6) is 1.53. The summed E-state index contributed by atoms with van der Waals surface area (Å²) in [5, 5.41) is 3.51. The summed E-state index contributed by atoms with van der Waals surface area (Å²) in [4.78, 5) is 14.6. The van der Waals surface area contributed by atoms with Crippen molar-refractivity contribution in [1.82, 2.24) is 10.2 Å². The maximum absolute atomic E-state index is 12.6. The maximum atomic E-state index is 12.6. The third-order valence-electron chi connectivity index (χ3n) is 4.50. The second-order valence-electron chi connectivity index (χ2n) is 6.69. The summed E-state index contributed by atoms with van der Waals surface area (Å²) in [6.45, 7) is 12.4. The summed E-state index contributed by atoms with van der Waals surface area (Å²) >= 11 is 0. The van der Waals surface area contributed by atoms with Crippen molar-refractivity contribution in [3.63, 3.8) is 0 Å². The number of carbonyl (C=O) groups is 1. The molecule has 0 bridgehead atoms. The van der Waals surface area contributed by atoms with Gasteiger partial charge >= 0.3 is 0 Å². The molecule has 2 saturated heterocycles. The maximum Gasteiger partial charge on any atom is 0.241 e. The first-order chi connectivity index (χ1) is 8.91. The predicted molar refractivity (Wildman–Crippen MR) is 75.6 cm³/mol. The van der Waals surface area contributed by atoms with Crippen LogP contribution < -0.4 is 5.32 Å². The Bertz CT molecular complexity index is 330. The lowest BCUT2D eigenvalue weighted by molar-refractivity contribution is -0.132. The monoisotopic (exact) mass is 268 g/mol. The van der Waals surface area contributed by atoms with Crippen LogP contribution in [-0.4, -0.2) is 42.3 Å². The van der Waals surface area contributed by atoms with Gasteiger partial charge in [0.05, 0.1) is 18.3 Å². The lowest BCUT2D eigenvalue weighted by Gasteiger charge is -2.30. The van der Waals surface area contributed by atoms with Crippen LogP contribution in [0.2, 0.25) is 0 Å². The second kappa shape index (κ2) is 5.80. The zero-order valence-electron chi connectivity index (χ0n) is 12.8. The van der Waals surface area contributed by atoms with Crippen molar-refractivity contribution in [3.05, 3.63) is 0 Å². The molecule has 19 heavy (non-hydrogen) atoms. The summed E-state index contributed by atoms with van der Waals surface area (Å²) in [6.07, 6.45) is 1.52. The van der Waals surface area contributed by atoms with E-state index in [1.165, 1.54) is 0 Å². The highest BCUT2D eigenvalue weighted by Crippen LogP contribution is 2.27. The van der Waals surface area contributed by atoms with E-state index in [2.05, 4.69) is 44.8 Å². The van der Waals surface area contributed by atoms with Crippen LogP contribution in [0.4, 0.5) is 0 Å².